The summed E-state index contributed by atoms with van der Waals surface area (Å²) in [7, 11) is -1.75. The fourth-order valence-corrected chi connectivity index (χ4v) is 2.97. The number of nitrogen functional groups attached to an aromatic ring is 1. The second-order valence-electron chi connectivity index (χ2n) is 4.13. The van der Waals surface area contributed by atoms with E-state index in [2.05, 4.69) is 4.72 Å². The van der Waals surface area contributed by atoms with Gasteiger partial charge in [-0.2, -0.15) is 0 Å². The third kappa shape index (κ3) is 4.64. The number of anilines is 1. The molecule has 1 atom stereocenters. The summed E-state index contributed by atoms with van der Waals surface area (Å²) in [5.74, 6) is 0.0535. The summed E-state index contributed by atoms with van der Waals surface area (Å²) in [6.45, 7) is 2.21. The molecule has 0 saturated carbocycles. The summed E-state index contributed by atoms with van der Waals surface area (Å²) in [5, 5.41) is 0. The van der Waals surface area contributed by atoms with E-state index in [0.29, 0.717) is 18.7 Å². The van der Waals surface area contributed by atoms with Gasteiger partial charge in [-0.1, -0.05) is 18.2 Å². The van der Waals surface area contributed by atoms with E-state index < -0.39 is 10.0 Å². The van der Waals surface area contributed by atoms with Gasteiger partial charge in [0, 0.05) is 25.4 Å². The molecule has 1 unspecified atom stereocenters. The first-order valence-electron chi connectivity index (χ1n) is 5.79. The molecular formula is C12H20N2O3S. The molecule has 1 aromatic carbocycles. The first kappa shape index (κ1) is 14.9. The molecule has 0 fully saturated rings. The van der Waals surface area contributed by atoms with E-state index in [0.717, 1.165) is 5.56 Å². The first-order valence-corrected chi connectivity index (χ1v) is 7.45. The normalized spacial score (nSPS) is 13.4. The Balaban J connectivity index is 2.64. The number of benzene rings is 1. The van der Waals surface area contributed by atoms with Crippen molar-refractivity contribution in [1.29, 1.82) is 0 Å². The van der Waals surface area contributed by atoms with Gasteiger partial charge in [0.05, 0.1) is 5.75 Å². The summed E-state index contributed by atoms with van der Waals surface area (Å²) in [5.41, 5.74) is 7.18. The van der Waals surface area contributed by atoms with Crippen LogP contribution >= 0.6 is 0 Å². The lowest BCUT2D eigenvalue weighted by molar-refractivity contribution is 0.199. The molecule has 3 N–H and O–H groups in total. The molecule has 0 aliphatic carbocycles. The molecule has 0 aliphatic rings. The van der Waals surface area contributed by atoms with Gasteiger partial charge in [-0.15, -0.1) is 0 Å². The lowest BCUT2D eigenvalue weighted by atomic mass is 10.1. The number of ether oxygens (including phenoxy) is 1. The Morgan fingerprint density at radius 1 is 1.39 bits per heavy atom. The van der Waals surface area contributed by atoms with E-state index in [4.69, 9.17) is 10.5 Å². The number of para-hydroxylation sites is 1. The zero-order valence-corrected chi connectivity index (χ0v) is 11.5. The maximum atomic E-state index is 11.8. The quantitative estimate of drug-likeness (QED) is 0.579. The minimum Gasteiger partial charge on any atom is -0.398 e. The minimum atomic E-state index is -3.30. The predicted molar refractivity (Wildman–Crippen MR) is 72.7 cm³/mol. The van der Waals surface area contributed by atoms with Crippen molar-refractivity contribution < 1.29 is 13.2 Å². The number of sulfonamides is 1. The van der Waals surface area contributed by atoms with Crippen molar-refractivity contribution in [2.45, 2.75) is 19.4 Å². The van der Waals surface area contributed by atoms with Crippen molar-refractivity contribution >= 4 is 15.7 Å². The average molecular weight is 272 g/mol. The second kappa shape index (κ2) is 6.72. The van der Waals surface area contributed by atoms with Crippen molar-refractivity contribution in [3.63, 3.8) is 0 Å². The number of nitrogens with one attached hydrogen (secondary N) is 1. The van der Waals surface area contributed by atoms with Crippen LogP contribution in [0.5, 0.6) is 0 Å². The second-order valence-corrected chi connectivity index (χ2v) is 6.01. The van der Waals surface area contributed by atoms with Gasteiger partial charge in [0.15, 0.2) is 0 Å². The molecule has 6 heteroatoms. The van der Waals surface area contributed by atoms with Crippen molar-refractivity contribution in [2.24, 2.45) is 0 Å². The SMILES string of the molecule is COCCCS(=O)(=O)NC(C)c1ccccc1N. The summed E-state index contributed by atoms with van der Waals surface area (Å²) < 4.78 is 31.0. The number of nitrogens with two attached hydrogens (primary N) is 1. The highest BCUT2D eigenvalue weighted by Crippen LogP contribution is 2.20. The minimum absolute atomic E-state index is 0.0535. The largest absolute Gasteiger partial charge is 0.398 e. The monoisotopic (exact) mass is 272 g/mol. The van der Waals surface area contributed by atoms with E-state index in [1.54, 1.807) is 20.1 Å². The van der Waals surface area contributed by atoms with Crippen molar-refractivity contribution in [3.05, 3.63) is 29.8 Å². The van der Waals surface area contributed by atoms with Crippen molar-refractivity contribution in [1.82, 2.24) is 4.72 Å². The summed E-state index contributed by atoms with van der Waals surface area (Å²) in [6, 6.07) is 6.89. The number of methoxy groups -OCH3 is 1. The van der Waals surface area contributed by atoms with Crippen LogP contribution in [0.2, 0.25) is 0 Å². The smallest absolute Gasteiger partial charge is 0.212 e. The van der Waals surface area contributed by atoms with Gasteiger partial charge >= 0.3 is 0 Å². The Morgan fingerprint density at radius 2 is 2.06 bits per heavy atom. The van der Waals surface area contributed by atoms with Gasteiger partial charge in [-0.05, 0) is 25.0 Å². The maximum Gasteiger partial charge on any atom is 0.212 e. The molecule has 0 bridgehead atoms. The van der Waals surface area contributed by atoms with E-state index in [9.17, 15) is 8.42 Å². The van der Waals surface area contributed by atoms with Gasteiger partial charge in [0.2, 0.25) is 10.0 Å². The molecule has 0 aromatic heterocycles. The zero-order valence-electron chi connectivity index (χ0n) is 10.7. The molecule has 1 rings (SSSR count). The van der Waals surface area contributed by atoms with Crippen LogP contribution in [0.25, 0.3) is 0 Å². The lowest BCUT2D eigenvalue weighted by Gasteiger charge is -2.16. The van der Waals surface area contributed by atoms with Gasteiger partial charge < -0.3 is 10.5 Å². The third-order valence-electron chi connectivity index (χ3n) is 2.58. The summed E-state index contributed by atoms with van der Waals surface area (Å²) >= 11 is 0. The molecule has 1 aromatic rings. The molecule has 18 heavy (non-hydrogen) atoms. The Bertz CT molecular complexity index is 474. The Kier molecular flexibility index (Phi) is 5.58. The molecule has 0 radical (unpaired) electrons. The standard InChI is InChI=1S/C12H20N2O3S/c1-10(11-6-3-4-7-12(11)13)14-18(15,16)9-5-8-17-2/h3-4,6-7,10,14H,5,8-9,13H2,1-2H3. The Morgan fingerprint density at radius 3 is 2.67 bits per heavy atom. The summed E-state index contributed by atoms with van der Waals surface area (Å²) in [4.78, 5) is 0. The maximum absolute atomic E-state index is 11.8. The van der Waals surface area contributed by atoms with E-state index >= 15 is 0 Å². The fraction of sp³-hybridized carbons (Fsp3) is 0.500. The van der Waals surface area contributed by atoms with Gasteiger partial charge in [0.1, 0.15) is 0 Å². The van der Waals surface area contributed by atoms with Crippen LogP contribution in [-0.4, -0.2) is 27.9 Å². The topological polar surface area (TPSA) is 81.4 Å². The van der Waals surface area contributed by atoms with Crippen LogP contribution < -0.4 is 10.5 Å². The third-order valence-corrected chi connectivity index (χ3v) is 4.12. The molecule has 0 aliphatic heterocycles. The highest BCUT2D eigenvalue weighted by atomic mass is 32.2. The molecule has 0 saturated heterocycles. The van der Waals surface area contributed by atoms with Crippen LogP contribution in [-0.2, 0) is 14.8 Å². The molecular weight excluding hydrogens is 252 g/mol. The highest BCUT2D eigenvalue weighted by Gasteiger charge is 2.16. The van der Waals surface area contributed by atoms with Crippen molar-refractivity contribution in [3.8, 4) is 0 Å². The molecule has 0 heterocycles. The van der Waals surface area contributed by atoms with E-state index in [1.165, 1.54) is 0 Å². The zero-order chi connectivity index (χ0) is 13.6. The van der Waals surface area contributed by atoms with Gasteiger partial charge in [-0.25, -0.2) is 13.1 Å². The summed E-state index contributed by atoms with van der Waals surface area (Å²) in [6.07, 6.45) is 0.475. The molecule has 0 amide bonds. The lowest BCUT2D eigenvalue weighted by Crippen LogP contribution is -2.30. The molecule has 5 nitrogen and oxygen atoms in total. The molecule has 0 spiro atoms. The average Bonchev–Trinajstić information content (AvgIpc) is 2.29. The van der Waals surface area contributed by atoms with E-state index in [1.807, 2.05) is 18.2 Å². The van der Waals surface area contributed by atoms with Gasteiger partial charge in [0.25, 0.3) is 0 Å². The van der Waals surface area contributed by atoms with Crippen LogP contribution in [0, 0.1) is 0 Å². The van der Waals surface area contributed by atoms with Crippen molar-refractivity contribution in [2.75, 3.05) is 25.2 Å². The number of rotatable bonds is 7. The highest BCUT2D eigenvalue weighted by molar-refractivity contribution is 7.89. The number of hydrogen-bond donors (Lipinski definition) is 2. The van der Waals surface area contributed by atoms with E-state index in [-0.39, 0.29) is 11.8 Å². The first-order chi connectivity index (χ1) is 8.46. The Hall–Kier alpha value is -1.11. The van der Waals surface area contributed by atoms with Crippen LogP contribution in [0.15, 0.2) is 24.3 Å². The van der Waals surface area contributed by atoms with Crippen LogP contribution in [0.1, 0.15) is 24.9 Å². The van der Waals surface area contributed by atoms with Crippen LogP contribution in [0.4, 0.5) is 5.69 Å². The molecule has 102 valence electrons. The van der Waals surface area contributed by atoms with Gasteiger partial charge in [-0.3, -0.25) is 0 Å². The fourth-order valence-electron chi connectivity index (χ4n) is 1.69. The van der Waals surface area contributed by atoms with Crippen LogP contribution in [0.3, 0.4) is 0 Å². The Labute approximate surface area is 108 Å². The predicted octanol–water partition coefficient (Wildman–Crippen LogP) is 1.29. The number of hydrogen-bond acceptors (Lipinski definition) is 4.